The smallest absolute Gasteiger partial charge is 0.0508 e. The lowest BCUT2D eigenvalue weighted by Gasteiger charge is -2.20. The Labute approximate surface area is 97.5 Å². The Morgan fingerprint density at radius 2 is 1.94 bits per heavy atom. The number of hydrogen-bond donors (Lipinski definition) is 2. The van der Waals surface area contributed by atoms with Gasteiger partial charge in [-0.05, 0) is 24.0 Å². The molecule has 2 rings (SSSR count). The van der Waals surface area contributed by atoms with Gasteiger partial charge in [0.1, 0.15) is 0 Å². The van der Waals surface area contributed by atoms with Gasteiger partial charge in [0.25, 0.3) is 0 Å². The predicted octanol–water partition coefficient (Wildman–Crippen LogP) is 1.85. The highest BCUT2D eigenvalue weighted by Gasteiger charge is 2.63. The van der Waals surface area contributed by atoms with E-state index < -0.39 is 0 Å². The minimum Gasteiger partial charge on any atom is -0.396 e. The Kier molecular flexibility index (Phi) is 2.81. The number of rotatable bonds is 4. The van der Waals surface area contributed by atoms with E-state index >= 15 is 0 Å². The monoisotopic (exact) mass is 219 g/mol. The van der Waals surface area contributed by atoms with E-state index in [2.05, 4.69) is 38.1 Å². The van der Waals surface area contributed by atoms with E-state index in [1.54, 1.807) is 0 Å². The zero-order valence-electron chi connectivity index (χ0n) is 10.2. The summed E-state index contributed by atoms with van der Waals surface area (Å²) in [7, 11) is 0. The molecular formula is C14H21NO. The summed E-state index contributed by atoms with van der Waals surface area (Å²) < 4.78 is 0. The van der Waals surface area contributed by atoms with E-state index in [1.807, 2.05) is 0 Å². The van der Waals surface area contributed by atoms with Crippen LogP contribution in [0.4, 0.5) is 0 Å². The summed E-state index contributed by atoms with van der Waals surface area (Å²) in [6.45, 7) is 5.12. The molecule has 1 aromatic rings. The van der Waals surface area contributed by atoms with Crippen LogP contribution in [0, 0.1) is 5.41 Å². The largest absolute Gasteiger partial charge is 0.396 e. The van der Waals surface area contributed by atoms with Gasteiger partial charge >= 0.3 is 0 Å². The molecule has 2 unspecified atom stereocenters. The highest BCUT2D eigenvalue weighted by Crippen LogP contribution is 2.63. The first-order valence-electron chi connectivity index (χ1n) is 6.02. The molecule has 2 atom stereocenters. The van der Waals surface area contributed by atoms with Gasteiger partial charge in [-0.25, -0.2) is 0 Å². The quantitative estimate of drug-likeness (QED) is 0.811. The Morgan fingerprint density at radius 3 is 2.31 bits per heavy atom. The van der Waals surface area contributed by atoms with Crippen LogP contribution in [0.3, 0.4) is 0 Å². The average molecular weight is 219 g/mol. The highest BCUT2D eigenvalue weighted by molar-refractivity contribution is 5.39. The fraction of sp³-hybridized carbons (Fsp3) is 0.571. The van der Waals surface area contributed by atoms with Crippen molar-refractivity contribution in [2.45, 2.75) is 32.1 Å². The first kappa shape index (κ1) is 11.6. The maximum Gasteiger partial charge on any atom is 0.0508 e. The third kappa shape index (κ3) is 1.48. The molecule has 0 aliphatic heterocycles. The molecule has 0 radical (unpaired) electrons. The Hall–Kier alpha value is -0.860. The van der Waals surface area contributed by atoms with Crippen molar-refractivity contribution in [3.05, 3.63) is 35.4 Å². The molecular weight excluding hydrogens is 198 g/mol. The maximum absolute atomic E-state index is 9.47. The van der Waals surface area contributed by atoms with Crippen molar-refractivity contribution in [1.82, 2.24) is 0 Å². The number of hydrogen-bond acceptors (Lipinski definition) is 2. The summed E-state index contributed by atoms with van der Waals surface area (Å²) in [5, 5.41) is 9.47. The SMILES string of the molecule is CCc1ccc(C2(C)CC2(CN)CO)cc1. The summed E-state index contributed by atoms with van der Waals surface area (Å²) in [6.07, 6.45) is 2.07. The van der Waals surface area contributed by atoms with Gasteiger partial charge in [0.15, 0.2) is 0 Å². The second-order valence-corrected chi connectivity index (χ2v) is 5.20. The van der Waals surface area contributed by atoms with Crippen LogP contribution in [-0.2, 0) is 11.8 Å². The predicted molar refractivity (Wildman–Crippen MR) is 66.4 cm³/mol. The van der Waals surface area contributed by atoms with E-state index in [4.69, 9.17) is 5.73 Å². The van der Waals surface area contributed by atoms with Crippen molar-refractivity contribution in [1.29, 1.82) is 0 Å². The van der Waals surface area contributed by atoms with E-state index in [0.717, 1.165) is 12.8 Å². The third-order valence-electron chi connectivity index (χ3n) is 4.43. The van der Waals surface area contributed by atoms with Crippen LogP contribution >= 0.6 is 0 Å². The second-order valence-electron chi connectivity index (χ2n) is 5.20. The molecule has 88 valence electrons. The topological polar surface area (TPSA) is 46.2 Å². The van der Waals surface area contributed by atoms with Gasteiger partial charge in [-0.3, -0.25) is 0 Å². The number of aliphatic hydroxyl groups excluding tert-OH is 1. The van der Waals surface area contributed by atoms with Crippen molar-refractivity contribution in [2.75, 3.05) is 13.2 Å². The van der Waals surface area contributed by atoms with Gasteiger partial charge in [0.2, 0.25) is 0 Å². The summed E-state index contributed by atoms with van der Waals surface area (Å²) in [5.74, 6) is 0. The average Bonchev–Trinajstić information content (AvgIpc) is 2.97. The first-order valence-corrected chi connectivity index (χ1v) is 6.02. The van der Waals surface area contributed by atoms with E-state index in [-0.39, 0.29) is 17.4 Å². The van der Waals surface area contributed by atoms with Crippen molar-refractivity contribution < 1.29 is 5.11 Å². The minimum atomic E-state index is -0.0826. The number of benzene rings is 1. The molecule has 0 bridgehead atoms. The Morgan fingerprint density at radius 1 is 1.31 bits per heavy atom. The molecule has 1 aliphatic carbocycles. The number of aliphatic hydroxyl groups is 1. The molecule has 16 heavy (non-hydrogen) atoms. The van der Waals surface area contributed by atoms with Crippen molar-refractivity contribution in [2.24, 2.45) is 11.1 Å². The van der Waals surface area contributed by atoms with Crippen molar-refractivity contribution in [3.8, 4) is 0 Å². The molecule has 3 N–H and O–H groups in total. The molecule has 0 spiro atoms. The second kappa shape index (κ2) is 3.86. The van der Waals surface area contributed by atoms with Gasteiger partial charge in [0.05, 0.1) is 6.61 Å². The van der Waals surface area contributed by atoms with Crippen molar-refractivity contribution in [3.63, 3.8) is 0 Å². The van der Waals surface area contributed by atoms with Gasteiger partial charge in [-0.2, -0.15) is 0 Å². The lowest BCUT2D eigenvalue weighted by Crippen LogP contribution is -2.27. The van der Waals surface area contributed by atoms with Crippen LogP contribution in [0.2, 0.25) is 0 Å². The minimum absolute atomic E-state index is 0.0722. The standard InChI is InChI=1S/C14H21NO/c1-3-11-4-6-12(7-5-11)13(2)8-14(13,9-15)10-16/h4-7,16H,3,8-10,15H2,1-2H3. The van der Waals surface area contributed by atoms with Crippen LogP contribution in [0.25, 0.3) is 0 Å². The van der Waals surface area contributed by atoms with Crippen LogP contribution in [-0.4, -0.2) is 18.3 Å². The van der Waals surface area contributed by atoms with Crippen LogP contribution in [0.15, 0.2) is 24.3 Å². The molecule has 0 saturated heterocycles. The zero-order valence-corrected chi connectivity index (χ0v) is 10.2. The normalized spacial score (nSPS) is 32.8. The fourth-order valence-corrected chi connectivity index (χ4v) is 2.74. The molecule has 1 saturated carbocycles. The van der Waals surface area contributed by atoms with Crippen LogP contribution in [0.5, 0.6) is 0 Å². The lowest BCUT2D eigenvalue weighted by molar-refractivity contribution is 0.198. The highest BCUT2D eigenvalue weighted by atomic mass is 16.3. The molecule has 1 aromatic carbocycles. The van der Waals surface area contributed by atoms with Gasteiger partial charge in [-0.15, -0.1) is 0 Å². The maximum atomic E-state index is 9.47. The van der Waals surface area contributed by atoms with E-state index in [0.29, 0.717) is 6.54 Å². The van der Waals surface area contributed by atoms with Gasteiger partial charge in [0, 0.05) is 17.4 Å². The summed E-state index contributed by atoms with van der Waals surface area (Å²) >= 11 is 0. The summed E-state index contributed by atoms with van der Waals surface area (Å²) in [5.41, 5.74) is 8.44. The number of aryl methyl sites for hydroxylation is 1. The van der Waals surface area contributed by atoms with Crippen molar-refractivity contribution >= 4 is 0 Å². The molecule has 2 heteroatoms. The van der Waals surface area contributed by atoms with E-state index in [9.17, 15) is 5.11 Å². The first-order chi connectivity index (χ1) is 7.62. The van der Waals surface area contributed by atoms with Crippen LogP contribution in [0.1, 0.15) is 31.4 Å². The fourth-order valence-electron chi connectivity index (χ4n) is 2.74. The zero-order chi connectivity index (χ0) is 11.8. The molecule has 0 amide bonds. The Bertz CT molecular complexity index is 367. The lowest BCUT2D eigenvalue weighted by atomic mass is 9.87. The Balaban J connectivity index is 2.25. The van der Waals surface area contributed by atoms with Gasteiger partial charge in [-0.1, -0.05) is 38.1 Å². The number of nitrogens with two attached hydrogens (primary N) is 1. The summed E-state index contributed by atoms with van der Waals surface area (Å²) in [4.78, 5) is 0. The van der Waals surface area contributed by atoms with E-state index in [1.165, 1.54) is 11.1 Å². The molecule has 0 heterocycles. The third-order valence-corrected chi connectivity index (χ3v) is 4.43. The molecule has 0 aromatic heterocycles. The molecule has 2 nitrogen and oxygen atoms in total. The molecule has 1 aliphatic rings. The van der Waals surface area contributed by atoms with Gasteiger partial charge < -0.3 is 10.8 Å². The molecule has 1 fully saturated rings. The summed E-state index contributed by atoms with van der Waals surface area (Å²) in [6, 6.07) is 8.73. The van der Waals surface area contributed by atoms with Crippen LogP contribution < -0.4 is 5.73 Å².